The van der Waals surface area contributed by atoms with Crippen molar-refractivity contribution in [2.24, 2.45) is 11.7 Å². The summed E-state index contributed by atoms with van der Waals surface area (Å²) in [6, 6.07) is -4.62. The van der Waals surface area contributed by atoms with Gasteiger partial charge in [0, 0.05) is 13.0 Å². The first-order valence-corrected chi connectivity index (χ1v) is 10.6. The number of carbonyl (C=O) groups excluding carboxylic acids is 3. The van der Waals surface area contributed by atoms with E-state index in [1.165, 1.54) is 11.8 Å². The molecule has 0 aromatic carbocycles. The number of hydrogen-bond donors (Lipinski definition) is 6. The van der Waals surface area contributed by atoms with E-state index in [2.05, 4.69) is 10.6 Å². The molecule has 0 spiro atoms. The molecule has 1 fully saturated rings. The molecule has 32 heavy (non-hydrogen) atoms. The van der Waals surface area contributed by atoms with E-state index in [4.69, 9.17) is 10.8 Å². The highest BCUT2D eigenvalue weighted by atomic mass is 16.4. The zero-order valence-electron chi connectivity index (χ0n) is 18.6. The van der Waals surface area contributed by atoms with Crippen LogP contribution in [0.25, 0.3) is 0 Å². The number of rotatable bonds is 12. The number of carboxylic acid groups (broad SMARTS) is 2. The Kier molecular flexibility index (Phi) is 10.5. The van der Waals surface area contributed by atoms with Crippen molar-refractivity contribution in [3.63, 3.8) is 0 Å². The van der Waals surface area contributed by atoms with Gasteiger partial charge in [-0.15, -0.1) is 0 Å². The van der Waals surface area contributed by atoms with Gasteiger partial charge in [-0.2, -0.15) is 0 Å². The summed E-state index contributed by atoms with van der Waals surface area (Å²) in [4.78, 5) is 61.4. The van der Waals surface area contributed by atoms with Gasteiger partial charge in [-0.05, 0) is 38.5 Å². The van der Waals surface area contributed by atoms with Gasteiger partial charge in [0.25, 0.3) is 0 Å². The predicted molar refractivity (Wildman–Crippen MR) is 112 cm³/mol. The summed E-state index contributed by atoms with van der Waals surface area (Å²) in [5.74, 6) is -4.43. The maximum atomic E-state index is 12.8. The third kappa shape index (κ3) is 8.08. The Labute approximate surface area is 186 Å². The van der Waals surface area contributed by atoms with Gasteiger partial charge in [0.1, 0.15) is 18.1 Å². The number of nitrogens with zero attached hydrogens (tertiary/aromatic N) is 1. The zero-order chi connectivity index (χ0) is 24.6. The molecule has 0 saturated carbocycles. The summed E-state index contributed by atoms with van der Waals surface area (Å²) in [6.07, 6.45) is -0.705. The van der Waals surface area contributed by atoms with Crippen molar-refractivity contribution in [3.05, 3.63) is 0 Å². The van der Waals surface area contributed by atoms with Crippen LogP contribution in [0.15, 0.2) is 0 Å². The molecule has 1 aliphatic rings. The summed E-state index contributed by atoms with van der Waals surface area (Å²) in [6.45, 7) is 5.12. The average Bonchev–Trinajstić information content (AvgIpc) is 3.17. The highest BCUT2D eigenvalue weighted by molar-refractivity contribution is 5.94. The first kappa shape index (κ1) is 27.3. The Morgan fingerprint density at radius 3 is 2.22 bits per heavy atom. The Hall–Kier alpha value is -2.73. The largest absolute Gasteiger partial charge is 0.481 e. The normalized spacial score (nSPS) is 19.7. The molecule has 1 rings (SSSR count). The van der Waals surface area contributed by atoms with E-state index >= 15 is 0 Å². The van der Waals surface area contributed by atoms with E-state index in [1.807, 2.05) is 0 Å². The molecule has 1 heterocycles. The van der Waals surface area contributed by atoms with Crippen LogP contribution in [0.5, 0.6) is 0 Å². The molecule has 182 valence electrons. The third-order valence-electron chi connectivity index (χ3n) is 5.21. The minimum Gasteiger partial charge on any atom is -0.481 e. The SMILES string of the molecule is CC(C)CC(NC(=O)C(NC(=O)C1CCCN1C(=O)C(N)CCC(=O)O)C(C)O)C(=O)O. The molecule has 7 N–H and O–H groups in total. The fourth-order valence-electron chi connectivity index (χ4n) is 3.53. The van der Waals surface area contributed by atoms with Crippen LogP contribution in [0.2, 0.25) is 0 Å². The van der Waals surface area contributed by atoms with E-state index in [1.54, 1.807) is 13.8 Å². The number of carboxylic acids is 2. The number of aliphatic carboxylic acids is 2. The molecule has 1 aliphatic heterocycles. The number of aliphatic hydroxyl groups is 1. The fourth-order valence-corrected chi connectivity index (χ4v) is 3.53. The quantitative estimate of drug-likeness (QED) is 0.204. The summed E-state index contributed by atoms with van der Waals surface area (Å²) >= 11 is 0. The molecule has 0 aromatic rings. The van der Waals surface area contributed by atoms with Gasteiger partial charge in [0.05, 0.1) is 12.1 Å². The van der Waals surface area contributed by atoms with Crippen LogP contribution in [0.1, 0.15) is 52.9 Å². The van der Waals surface area contributed by atoms with E-state index in [-0.39, 0.29) is 31.7 Å². The molecule has 0 aromatic heterocycles. The number of carbonyl (C=O) groups is 5. The zero-order valence-corrected chi connectivity index (χ0v) is 18.6. The van der Waals surface area contributed by atoms with Crippen LogP contribution in [0.3, 0.4) is 0 Å². The molecule has 5 atom stereocenters. The van der Waals surface area contributed by atoms with Crippen molar-refractivity contribution in [2.75, 3.05) is 6.54 Å². The van der Waals surface area contributed by atoms with E-state index in [0.717, 1.165) is 0 Å². The van der Waals surface area contributed by atoms with E-state index < -0.39 is 59.9 Å². The minimum atomic E-state index is -1.42. The maximum absolute atomic E-state index is 12.8. The van der Waals surface area contributed by atoms with Crippen LogP contribution >= 0.6 is 0 Å². The van der Waals surface area contributed by atoms with Crippen LogP contribution in [0, 0.1) is 5.92 Å². The van der Waals surface area contributed by atoms with Crippen molar-refractivity contribution in [3.8, 4) is 0 Å². The van der Waals surface area contributed by atoms with Crippen LogP contribution in [-0.2, 0) is 24.0 Å². The van der Waals surface area contributed by atoms with Crippen molar-refractivity contribution in [2.45, 2.75) is 83.1 Å². The smallest absolute Gasteiger partial charge is 0.326 e. The third-order valence-corrected chi connectivity index (χ3v) is 5.21. The summed E-state index contributed by atoms with van der Waals surface area (Å²) < 4.78 is 0. The molecule has 0 bridgehead atoms. The van der Waals surface area contributed by atoms with Crippen molar-refractivity contribution in [1.82, 2.24) is 15.5 Å². The molecule has 5 unspecified atom stereocenters. The summed E-state index contributed by atoms with van der Waals surface area (Å²) in [5.41, 5.74) is 5.78. The molecule has 1 saturated heterocycles. The summed E-state index contributed by atoms with van der Waals surface area (Å²) in [5, 5.41) is 32.8. The van der Waals surface area contributed by atoms with Crippen molar-refractivity contribution in [1.29, 1.82) is 0 Å². The first-order valence-electron chi connectivity index (χ1n) is 10.6. The van der Waals surface area contributed by atoms with Gasteiger partial charge in [0.2, 0.25) is 17.7 Å². The second-order valence-electron chi connectivity index (χ2n) is 8.48. The molecule has 12 nitrogen and oxygen atoms in total. The standard InChI is InChI=1S/C20H34N4O8/c1-10(2)9-13(20(31)32)22-18(29)16(11(3)25)23-17(28)14-5-4-8-24(14)19(30)12(21)6-7-15(26)27/h10-14,16,25H,4-9,21H2,1-3H3,(H,22,29)(H,23,28)(H,26,27)(H,31,32). The average molecular weight is 459 g/mol. The van der Waals surface area contributed by atoms with E-state index in [9.17, 15) is 34.2 Å². The second kappa shape index (κ2) is 12.3. The first-order chi connectivity index (χ1) is 14.8. The monoisotopic (exact) mass is 458 g/mol. The highest BCUT2D eigenvalue weighted by Crippen LogP contribution is 2.19. The lowest BCUT2D eigenvalue weighted by atomic mass is 10.0. The van der Waals surface area contributed by atoms with Gasteiger partial charge < -0.3 is 36.6 Å². The highest BCUT2D eigenvalue weighted by Gasteiger charge is 2.38. The Morgan fingerprint density at radius 1 is 1.09 bits per heavy atom. The Morgan fingerprint density at radius 2 is 1.72 bits per heavy atom. The van der Waals surface area contributed by atoms with Gasteiger partial charge in [-0.25, -0.2) is 4.79 Å². The molecule has 12 heteroatoms. The maximum Gasteiger partial charge on any atom is 0.326 e. The number of hydrogen-bond acceptors (Lipinski definition) is 7. The van der Waals surface area contributed by atoms with Crippen molar-refractivity contribution < 1.29 is 39.3 Å². The lowest BCUT2D eigenvalue weighted by Crippen LogP contribution is -2.59. The Bertz CT molecular complexity index is 712. The van der Waals surface area contributed by atoms with Crippen LogP contribution < -0.4 is 16.4 Å². The van der Waals surface area contributed by atoms with Gasteiger partial charge in [-0.3, -0.25) is 19.2 Å². The molecule has 0 aliphatic carbocycles. The second-order valence-corrected chi connectivity index (χ2v) is 8.48. The predicted octanol–water partition coefficient (Wildman–Crippen LogP) is -1.35. The number of amides is 3. The lowest BCUT2D eigenvalue weighted by Gasteiger charge is -2.29. The summed E-state index contributed by atoms with van der Waals surface area (Å²) in [7, 11) is 0. The topological polar surface area (TPSA) is 199 Å². The lowest BCUT2D eigenvalue weighted by molar-refractivity contribution is -0.144. The molecular formula is C20H34N4O8. The molecule has 0 radical (unpaired) electrons. The van der Waals surface area contributed by atoms with Crippen LogP contribution in [-0.4, -0.2) is 86.7 Å². The molecular weight excluding hydrogens is 424 g/mol. The van der Waals surface area contributed by atoms with Crippen LogP contribution in [0.4, 0.5) is 0 Å². The van der Waals surface area contributed by atoms with Crippen molar-refractivity contribution >= 4 is 29.7 Å². The minimum absolute atomic E-state index is 0.0145. The molecule has 3 amide bonds. The van der Waals surface area contributed by atoms with Gasteiger partial charge in [-0.1, -0.05) is 13.8 Å². The number of nitrogens with two attached hydrogens (primary N) is 1. The van der Waals surface area contributed by atoms with E-state index in [0.29, 0.717) is 12.8 Å². The Balaban J connectivity index is 2.85. The van der Waals surface area contributed by atoms with Gasteiger partial charge in [0.15, 0.2) is 0 Å². The number of aliphatic hydroxyl groups excluding tert-OH is 1. The van der Waals surface area contributed by atoms with Gasteiger partial charge >= 0.3 is 11.9 Å². The number of nitrogens with one attached hydrogen (secondary N) is 2. The fraction of sp³-hybridized carbons (Fsp3) is 0.750. The number of likely N-dealkylation sites (tertiary alicyclic amines) is 1.